The van der Waals surface area contributed by atoms with E-state index in [1.807, 2.05) is 0 Å². The molecule has 2 N–H and O–H groups in total. The smallest absolute Gasteiger partial charge is 0.326 e. The minimum atomic E-state index is -0.866. The molecule has 2 rings (SSSR count). The number of likely N-dealkylation sites (tertiary alicyclic amines) is 1. The van der Waals surface area contributed by atoms with Gasteiger partial charge in [0, 0.05) is 12.6 Å². The summed E-state index contributed by atoms with van der Waals surface area (Å²) in [4.78, 5) is 25.6. The summed E-state index contributed by atoms with van der Waals surface area (Å²) < 4.78 is 0. The van der Waals surface area contributed by atoms with E-state index in [0.717, 1.165) is 32.1 Å². The molecule has 2 aliphatic rings. The van der Waals surface area contributed by atoms with E-state index in [-0.39, 0.29) is 17.5 Å². The number of amides is 2. The van der Waals surface area contributed by atoms with Crippen LogP contribution in [0.3, 0.4) is 0 Å². The molecule has 1 aliphatic heterocycles. The summed E-state index contributed by atoms with van der Waals surface area (Å²) in [5, 5.41) is 12.4. The molecule has 1 aliphatic carbocycles. The van der Waals surface area contributed by atoms with Crippen molar-refractivity contribution < 1.29 is 14.7 Å². The molecule has 0 radical (unpaired) electrons. The summed E-state index contributed by atoms with van der Waals surface area (Å²) >= 11 is 0. The van der Waals surface area contributed by atoms with Crippen LogP contribution in [0.5, 0.6) is 0 Å². The van der Waals surface area contributed by atoms with E-state index in [2.05, 4.69) is 26.1 Å². The average molecular weight is 296 g/mol. The van der Waals surface area contributed by atoms with Crippen molar-refractivity contribution in [1.29, 1.82) is 0 Å². The summed E-state index contributed by atoms with van der Waals surface area (Å²) in [7, 11) is 0. The van der Waals surface area contributed by atoms with Crippen LogP contribution in [-0.2, 0) is 4.79 Å². The van der Waals surface area contributed by atoms with E-state index in [0.29, 0.717) is 18.9 Å². The first kappa shape index (κ1) is 16.1. The molecule has 2 amide bonds. The van der Waals surface area contributed by atoms with Gasteiger partial charge in [0.1, 0.15) is 6.04 Å². The van der Waals surface area contributed by atoms with E-state index in [1.54, 1.807) is 4.90 Å². The van der Waals surface area contributed by atoms with E-state index < -0.39 is 12.0 Å². The zero-order valence-corrected chi connectivity index (χ0v) is 13.4. The van der Waals surface area contributed by atoms with Crippen LogP contribution in [0.1, 0.15) is 59.3 Å². The van der Waals surface area contributed by atoms with Crippen molar-refractivity contribution in [3.05, 3.63) is 0 Å². The van der Waals surface area contributed by atoms with Gasteiger partial charge in [0.15, 0.2) is 0 Å². The molecule has 1 heterocycles. The Morgan fingerprint density at radius 2 is 1.95 bits per heavy atom. The predicted molar refractivity (Wildman–Crippen MR) is 81.1 cm³/mol. The topological polar surface area (TPSA) is 69.6 Å². The van der Waals surface area contributed by atoms with Crippen LogP contribution in [-0.4, -0.2) is 40.6 Å². The van der Waals surface area contributed by atoms with Crippen LogP contribution < -0.4 is 5.32 Å². The Labute approximate surface area is 127 Å². The highest BCUT2D eigenvalue weighted by Gasteiger charge is 2.47. The fourth-order valence-electron chi connectivity index (χ4n) is 3.50. The minimum absolute atomic E-state index is 0.0417. The molecule has 1 saturated carbocycles. The SMILES string of the molecule is CCC(C)(C)CNC(=O)N1C(C(=O)O)CC2CCCCC21. The van der Waals surface area contributed by atoms with Crippen molar-refractivity contribution in [2.24, 2.45) is 11.3 Å². The van der Waals surface area contributed by atoms with Gasteiger partial charge in [-0.15, -0.1) is 0 Å². The van der Waals surface area contributed by atoms with Crippen LogP contribution in [0.2, 0.25) is 0 Å². The number of hydrogen-bond acceptors (Lipinski definition) is 2. The number of fused-ring (bicyclic) bond motifs is 1. The molecular weight excluding hydrogens is 268 g/mol. The van der Waals surface area contributed by atoms with E-state index >= 15 is 0 Å². The second-order valence-electron chi connectivity index (χ2n) is 7.29. The monoisotopic (exact) mass is 296 g/mol. The van der Waals surface area contributed by atoms with Gasteiger partial charge in [-0.1, -0.05) is 33.6 Å². The molecule has 0 aromatic carbocycles. The molecule has 5 heteroatoms. The number of urea groups is 1. The molecule has 3 unspecified atom stereocenters. The molecule has 5 nitrogen and oxygen atoms in total. The van der Waals surface area contributed by atoms with Gasteiger partial charge in [0.05, 0.1) is 0 Å². The number of carbonyl (C=O) groups excluding carboxylic acids is 1. The highest BCUT2D eigenvalue weighted by molar-refractivity contribution is 5.83. The van der Waals surface area contributed by atoms with Crippen molar-refractivity contribution in [1.82, 2.24) is 10.2 Å². The first-order valence-electron chi connectivity index (χ1n) is 8.14. The predicted octanol–water partition coefficient (Wildman–Crippen LogP) is 2.85. The standard InChI is InChI=1S/C16H28N2O3/c1-4-16(2,3)10-17-15(21)18-12-8-6-5-7-11(12)9-13(18)14(19)20/h11-13H,4-10H2,1-3H3,(H,17,21)(H,19,20). The number of carboxylic acid groups (broad SMARTS) is 1. The summed E-state index contributed by atoms with van der Waals surface area (Å²) in [6.07, 6.45) is 5.84. The fourth-order valence-corrected chi connectivity index (χ4v) is 3.50. The van der Waals surface area contributed by atoms with Gasteiger partial charge in [-0.3, -0.25) is 0 Å². The largest absolute Gasteiger partial charge is 0.480 e. The van der Waals surface area contributed by atoms with Crippen LogP contribution in [0, 0.1) is 11.3 Å². The van der Waals surface area contributed by atoms with Crippen molar-refractivity contribution in [2.75, 3.05) is 6.54 Å². The Bertz CT molecular complexity index is 408. The van der Waals surface area contributed by atoms with Gasteiger partial charge >= 0.3 is 12.0 Å². The Morgan fingerprint density at radius 3 is 2.57 bits per heavy atom. The summed E-state index contributed by atoms with van der Waals surface area (Å²) in [6.45, 7) is 6.90. The molecule has 2 fully saturated rings. The third-order valence-electron chi connectivity index (χ3n) is 5.28. The Kier molecular flexibility index (Phi) is 4.79. The molecule has 1 saturated heterocycles. The maximum absolute atomic E-state index is 12.5. The number of hydrogen-bond donors (Lipinski definition) is 2. The minimum Gasteiger partial charge on any atom is -0.480 e. The number of carbonyl (C=O) groups is 2. The molecule has 3 atom stereocenters. The molecule has 21 heavy (non-hydrogen) atoms. The molecule has 0 aromatic rings. The average Bonchev–Trinajstić information content (AvgIpc) is 2.84. The van der Waals surface area contributed by atoms with Crippen molar-refractivity contribution >= 4 is 12.0 Å². The van der Waals surface area contributed by atoms with Gasteiger partial charge < -0.3 is 15.3 Å². The lowest BCUT2D eigenvalue weighted by atomic mass is 9.85. The Balaban J connectivity index is 2.06. The third-order valence-corrected chi connectivity index (χ3v) is 5.28. The third kappa shape index (κ3) is 3.50. The number of nitrogens with one attached hydrogen (secondary N) is 1. The highest BCUT2D eigenvalue weighted by Crippen LogP contribution is 2.39. The van der Waals surface area contributed by atoms with Crippen LogP contribution in [0.15, 0.2) is 0 Å². The summed E-state index contributed by atoms with van der Waals surface area (Å²) in [5.41, 5.74) is 0.0417. The van der Waals surface area contributed by atoms with Gasteiger partial charge in [-0.2, -0.15) is 0 Å². The Morgan fingerprint density at radius 1 is 1.29 bits per heavy atom. The van der Waals surface area contributed by atoms with Gasteiger partial charge in [0.25, 0.3) is 0 Å². The zero-order chi connectivity index (χ0) is 15.6. The molecule has 120 valence electrons. The number of carboxylic acids is 1. The summed E-state index contributed by atoms with van der Waals surface area (Å²) in [6, 6.07) is -0.731. The molecule has 0 bridgehead atoms. The van der Waals surface area contributed by atoms with Gasteiger partial charge in [-0.05, 0) is 37.0 Å². The maximum Gasteiger partial charge on any atom is 0.326 e. The normalized spacial score (nSPS) is 29.1. The Hall–Kier alpha value is -1.26. The first-order chi connectivity index (χ1) is 9.85. The molecule has 0 aromatic heterocycles. The number of nitrogens with zero attached hydrogens (tertiary/aromatic N) is 1. The second kappa shape index (κ2) is 6.24. The number of rotatable bonds is 4. The molecule has 0 spiro atoms. The van der Waals surface area contributed by atoms with Crippen molar-refractivity contribution in [3.63, 3.8) is 0 Å². The molecular formula is C16H28N2O3. The maximum atomic E-state index is 12.5. The van der Waals surface area contributed by atoms with E-state index in [1.165, 1.54) is 0 Å². The van der Waals surface area contributed by atoms with E-state index in [9.17, 15) is 14.7 Å². The van der Waals surface area contributed by atoms with E-state index in [4.69, 9.17) is 0 Å². The quantitative estimate of drug-likeness (QED) is 0.838. The van der Waals surface area contributed by atoms with Crippen LogP contribution >= 0.6 is 0 Å². The van der Waals surface area contributed by atoms with Crippen LogP contribution in [0.4, 0.5) is 4.79 Å². The van der Waals surface area contributed by atoms with Gasteiger partial charge in [0.2, 0.25) is 0 Å². The lowest BCUT2D eigenvalue weighted by Gasteiger charge is -2.34. The lowest BCUT2D eigenvalue weighted by Crippen LogP contribution is -2.52. The first-order valence-corrected chi connectivity index (χ1v) is 8.14. The number of aliphatic carboxylic acids is 1. The zero-order valence-electron chi connectivity index (χ0n) is 13.4. The lowest BCUT2D eigenvalue weighted by molar-refractivity contribution is -0.141. The highest BCUT2D eigenvalue weighted by atomic mass is 16.4. The fraction of sp³-hybridized carbons (Fsp3) is 0.875. The second-order valence-corrected chi connectivity index (χ2v) is 7.29. The van der Waals surface area contributed by atoms with Crippen LogP contribution in [0.25, 0.3) is 0 Å². The van der Waals surface area contributed by atoms with Gasteiger partial charge in [-0.25, -0.2) is 9.59 Å². The summed E-state index contributed by atoms with van der Waals surface area (Å²) in [5.74, 6) is -0.501. The van der Waals surface area contributed by atoms with Crippen molar-refractivity contribution in [2.45, 2.75) is 71.4 Å². The van der Waals surface area contributed by atoms with Crippen molar-refractivity contribution in [3.8, 4) is 0 Å².